The molecule has 3 heteroatoms. The minimum absolute atomic E-state index is 0.153. The van der Waals surface area contributed by atoms with Gasteiger partial charge in [-0.1, -0.05) is 6.07 Å². The molecule has 0 saturated carbocycles. The van der Waals surface area contributed by atoms with Crippen molar-refractivity contribution in [3.8, 4) is 0 Å². The molecule has 0 aliphatic heterocycles. The molecule has 0 radical (unpaired) electrons. The van der Waals surface area contributed by atoms with E-state index in [9.17, 15) is 4.79 Å². The largest absolute Gasteiger partial charge is 0.354 e. The number of rotatable bonds is 1. The van der Waals surface area contributed by atoms with Gasteiger partial charge in [-0.15, -0.1) is 0 Å². The highest BCUT2D eigenvalue weighted by Gasteiger charge is 2.23. The maximum absolute atomic E-state index is 12.3. The molecule has 0 unspecified atom stereocenters. The second-order valence-corrected chi connectivity index (χ2v) is 4.57. The van der Waals surface area contributed by atoms with Gasteiger partial charge in [0, 0.05) is 42.5 Å². The van der Waals surface area contributed by atoms with Crippen LogP contribution in [-0.4, -0.2) is 15.3 Å². The number of hydrogen-bond acceptors (Lipinski definition) is 2. The molecule has 0 fully saturated rings. The predicted octanol–water partition coefficient (Wildman–Crippen LogP) is 2.63. The highest BCUT2D eigenvalue weighted by atomic mass is 16.1. The van der Waals surface area contributed by atoms with Gasteiger partial charge in [0.05, 0.1) is 0 Å². The summed E-state index contributed by atoms with van der Waals surface area (Å²) in [6, 6.07) is 5.76. The van der Waals surface area contributed by atoms with E-state index in [1.165, 1.54) is 0 Å². The van der Waals surface area contributed by atoms with Crippen LogP contribution in [0.15, 0.2) is 42.4 Å². The monoisotopic (exact) mass is 238 g/mol. The molecule has 2 aromatic rings. The highest BCUT2D eigenvalue weighted by Crippen LogP contribution is 2.26. The number of allylic oxidation sites excluding steroid dienone is 1. The first-order valence-corrected chi connectivity index (χ1v) is 6.05. The topological polar surface area (TPSA) is 34.9 Å². The van der Waals surface area contributed by atoms with E-state index in [2.05, 4.69) is 4.98 Å². The number of carbonyl (C=O) groups is 1. The van der Waals surface area contributed by atoms with E-state index in [4.69, 9.17) is 0 Å². The zero-order chi connectivity index (χ0) is 12.5. The lowest BCUT2D eigenvalue weighted by molar-refractivity contribution is 0.102. The first kappa shape index (κ1) is 11.0. The van der Waals surface area contributed by atoms with Crippen molar-refractivity contribution in [3.05, 3.63) is 59.2 Å². The van der Waals surface area contributed by atoms with Crippen LogP contribution in [0.25, 0.3) is 6.08 Å². The Bertz CT molecular complexity index is 623. The number of ketones is 1. The zero-order valence-electron chi connectivity index (χ0n) is 10.3. The van der Waals surface area contributed by atoms with Crippen molar-refractivity contribution in [2.45, 2.75) is 12.8 Å². The summed E-state index contributed by atoms with van der Waals surface area (Å²) in [6.45, 7) is 0. The van der Waals surface area contributed by atoms with E-state index in [1.54, 1.807) is 12.4 Å². The normalized spacial score (nSPS) is 16.9. The third-order valence-corrected chi connectivity index (χ3v) is 3.39. The number of fused-ring (bicyclic) bond motifs is 1. The summed E-state index contributed by atoms with van der Waals surface area (Å²) in [5, 5.41) is 0. The first-order chi connectivity index (χ1) is 8.75. The molecule has 18 heavy (non-hydrogen) atoms. The van der Waals surface area contributed by atoms with Crippen LogP contribution in [0.2, 0.25) is 0 Å². The molecule has 0 N–H and O–H groups in total. The number of carbonyl (C=O) groups excluding carboxylic acids is 1. The summed E-state index contributed by atoms with van der Waals surface area (Å²) in [5.74, 6) is 0.153. The zero-order valence-corrected chi connectivity index (χ0v) is 10.3. The first-order valence-electron chi connectivity index (χ1n) is 6.05. The van der Waals surface area contributed by atoms with Crippen LogP contribution in [0.3, 0.4) is 0 Å². The van der Waals surface area contributed by atoms with Crippen molar-refractivity contribution in [1.29, 1.82) is 0 Å². The molecule has 0 amide bonds. The Morgan fingerprint density at radius 2 is 2.22 bits per heavy atom. The molecule has 3 rings (SSSR count). The van der Waals surface area contributed by atoms with Crippen LogP contribution in [0.4, 0.5) is 0 Å². The van der Waals surface area contributed by atoms with Crippen LogP contribution < -0.4 is 0 Å². The van der Waals surface area contributed by atoms with Gasteiger partial charge >= 0.3 is 0 Å². The van der Waals surface area contributed by atoms with E-state index < -0.39 is 0 Å². The second-order valence-electron chi connectivity index (χ2n) is 4.57. The summed E-state index contributed by atoms with van der Waals surface area (Å²) in [4.78, 5) is 16.4. The molecule has 0 atom stereocenters. The Morgan fingerprint density at radius 3 is 3.00 bits per heavy atom. The smallest absolute Gasteiger partial charge is 0.190 e. The number of aromatic nitrogens is 2. The molecular weight excluding hydrogens is 224 g/mol. The molecule has 2 heterocycles. The molecule has 2 aromatic heterocycles. The van der Waals surface area contributed by atoms with Crippen molar-refractivity contribution in [2.24, 2.45) is 7.05 Å². The number of hydrogen-bond donors (Lipinski definition) is 0. The van der Waals surface area contributed by atoms with Crippen LogP contribution >= 0.6 is 0 Å². The summed E-state index contributed by atoms with van der Waals surface area (Å²) in [5.41, 5.74) is 3.85. The fourth-order valence-corrected chi connectivity index (χ4v) is 2.42. The van der Waals surface area contributed by atoms with Gasteiger partial charge in [0.2, 0.25) is 0 Å². The third-order valence-electron chi connectivity index (χ3n) is 3.39. The van der Waals surface area contributed by atoms with Crippen molar-refractivity contribution in [3.63, 3.8) is 0 Å². The second kappa shape index (κ2) is 4.26. The minimum atomic E-state index is 0.153. The maximum Gasteiger partial charge on any atom is 0.190 e. The number of pyridine rings is 1. The Hall–Kier alpha value is -2.16. The standard InChI is InChI=1S/C15H14N2O/c1-17-8-6-13-14(17)5-4-12(15(13)18)9-11-3-2-7-16-10-11/h2-3,6-10H,4-5H2,1H3/b12-9-. The number of nitrogens with zero attached hydrogens (tertiary/aromatic N) is 2. The van der Waals surface area contributed by atoms with Crippen LogP contribution in [-0.2, 0) is 13.5 Å². The van der Waals surface area contributed by atoms with Crippen molar-refractivity contribution in [2.75, 3.05) is 0 Å². The molecule has 3 nitrogen and oxygen atoms in total. The summed E-state index contributed by atoms with van der Waals surface area (Å²) >= 11 is 0. The average Bonchev–Trinajstić information content (AvgIpc) is 2.77. The maximum atomic E-state index is 12.3. The fourth-order valence-electron chi connectivity index (χ4n) is 2.42. The Kier molecular flexibility index (Phi) is 2.59. The number of Topliss-reactive ketones (excluding diaryl/α,β-unsaturated/α-hetero) is 1. The van der Waals surface area contributed by atoms with E-state index in [1.807, 2.05) is 42.1 Å². The molecule has 0 saturated heterocycles. The molecule has 0 aromatic carbocycles. The lowest BCUT2D eigenvalue weighted by atomic mass is 9.90. The minimum Gasteiger partial charge on any atom is -0.354 e. The number of aryl methyl sites for hydroxylation is 1. The SMILES string of the molecule is Cn1ccc2c1CC/C(=C/c1cccnc1)C2=O. The van der Waals surface area contributed by atoms with Gasteiger partial charge in [-0.3, -0.25) is 9.78 Å². The fraction of sp³-hybridized carbons (Fsp3) is 0.200. The van der Waals surface area contributed by atoms with Gasteiger partial charge in [0.25, 0.3) is 0 Å². The van der Waals surface area contributed by atoms with Crippen LogP contribution in [0.1, 0.15) is 28.0 Å². The highest BCUT2D eigenvalue weighted by molar-refractivity contribution is 6.13. The summed E-state index contributed by atoms with van der Waals surface area (Å²) in [6.07, 6.45) is 9.15. The van der Waals surface area contributed by atoms with E-state index >= 15 is 0 Å². The lowest BCUT2D eigenvalue weighted by Crippen LogP contribution is -2.14. The molecule has 90 valence electrons. The van der Waals surface area contributed by atoms with Gasteiger partial charge in [-0.05, 0) is 36.6 Å². The van der Waals surface area contributed by atoms with Crippen molar-refractivity contribution >= 4 is 11.9 Å². The van der Waals surface area contributed by atoms with Gasteiger partial charge in [-0.2, -0.15) is 0 Å². The Morgan fingerprint density at radius 1 is 1.33 bits per heavy atom. The molecular formula is C15H14N2O. The van der Waals surface area contributed by atoms with Crippen LogP contribution in [0.5, 0.6) is 0 Å². The predicted molar refractivity (Wildman–Crippen MR) is 70.3 cm³/mol. The molecule has 0 bridgehead atoms. The van der Waals surface area contributed by atoms with Crippen molar-refractivity contribution < 1.29 is 4.79 Å². The van der Waals surface area contributed by atoms with E-state index in [0.29, 0.717) is 0 Å². The quantitative estimate of drug-likeness (QED) is 0.716. The van der Waals surface area contributed by atoms with Gasteiger partial charge in [0.1, 0.15) is 0 Å². The summed E-state index contributed by atoms with van der Waals surface area (Å²) < 4.78 is 2.04. The summed E-state index contributed by atoms with van der Waals surface area (Å²) in [7, 11) is 1.99. The van der Waals surface area contributed by atoms with Gasteiger partial charge < -0.3 is 4.57 Å². The Balaban J connectivity index is 1.98. The van der Waals surface area contributed by atoms with Gasteiger partial charge in [0.15, 0.2) is 5.78 Å². The van der Waals surface area contributed by atoms with E-state index in [0.717, 1.165) is 35.2 Å². The molecule has 1 aliphatic rings. The van der Waals surface area contributed by atoms with E-state index in [-0.39, 0.29) is 5.78 Å². The molecule has 0 spiro atoms. The lowest BCUT2D eigenvalue weighted by Gasteiger charge is -2.15. The van der Waals surface area contributed by atoms with Gasteiger partial charge in [-0.25, -0.2) is 0 Å². The third kappa shape index (κ3) is 1.78. The Labute approximate surface area is 106 Å². The van der Waals surface area contributed by atoms with Crippen molar-refractivity contribution in [1.82, 2.24) is 9.55 Å². The average molecular weight is 238 g/mol. The molecule has 1 aliphatic carbocycles. The van der Waals surface area contributed by atoms with Crippen LogP contribution in [0, 0.1) is 0 Å².